The molecule has 0 aromatic heterocycles. The third-order valence-electron chi connectivity index (χ3n) is 2.84. The normalized spacial score (nSPS) is 19.2. The van der Waals surface area contributed by atoms with E-state index in [0.29, 0.717) is 5.25 Å². The van der Waals surface area contributed by atoms with E-state index in [4.69, 9.17) is 0 Å². The molecule has 2 nitrogen and oxygen atoms in total. The molecule has 0 saturated carbocycles. The van der Waals surface area contributed by atoms with Gasteiger partial charge in [-0.3, -0.25) is 4.99 Å². The van der Waals surface area contributed by atoms with Gasteiger partial charge in [0.15, 0.2) is 5.17 Å². The number of aliphatic imine (C=N–C) groups is 1. The number of hydrogen-bond donors (Lipinski definition) is 1. The van der Waals surface area contributed by atoms with Crippen LogP contribution in [0.15, 0.2) is 23.2 Å². The predicted octanol–water partition coefficient (Wildman–Crippen LogP) is 4.28. The molecule has 2 rings (SSSR count). The molecule has 1 aliphatic heterocycles. The quantitative estimate of drug-likeness (QED) is 0.814. The Bertz CT molecular complexity index is 431. The van der Waals surface area contributed by atoms with Gasteiger partial charge in [0, 0.05) is 14.5 Å². The van der Waals surface area contributed by atoms with Crippen molar-refractivity contribution in [3.63, 3.8) is 0 Å². The van der Waals surface area contributed by atoms with Crippen molar-refractivity contribution in [3.8, 4) is 0 Å². The standard InChI is InChI=1S/C13H17IN2S/c1-3-5-10-8-15-13(17-10)16-12-7-4-6-11(14)9(12)2/h4,6-7,10H,3,5,8H2,1-2H3,(H,15,16). The number of amidine groups is 1. The van der Waals surface area contributed by atoms with Gasteiger partial charge in [-0.05, 0) is 53.6 Å². The summed E-state index contributed by atoms with van der Waals surface area (Å²) in [7, 11) is 0. The summed E-state index contributed by atoms with van der Waals surface area (Å²) in [6.45, 7) is 5.34. The van der Waals surface area contributed by atoms with Gasteiger partial charge < -0.3 is 5.32 Å². The Labute approximate surface area is 121 Å². The number of halogens is 1. The van der Waals surface area contributed by atoms with Crippen LogP contribution in [0.1, 0.15) is 25.3 Å². The van der Waals surface area contributed by atoms with Crippen molar-refractivity contribution in [3.05, 3.63) is 27.3 Å². The first kappa shape index (κ1) is 13.2. The number of hydrogen-bond acceptors (Lipinski definition) is 3. The number of benzene rings is 1. The van der Waals surface area contributed by atoms with Gasteiger partial charge in [0.25, 0.3) is 0 Å². The van der Waals surface area contributed by atoms with Gasteiger partial charge in [-0.25, -0.2) is 0 Å². The summed E-state index contributed by atoms with van der Waals surface area (Å²) in [4.78, 5) is 4.57. The van der Waals surface area contributed by atoms with Gasteiger partial charge in [-0.2, -0.15) is 0 Å². The van der Waals surface area contributed by atoms with Gasteiger partial charge in [-0.15, -0.1) is 0 Å². The summed E-state index contributed by atoms with van der Waals surface area (Å²) in [6.07, 6.45) is 2.49. The monoisotopic (exact) mass is 360 g/mol. The highest BCUT2D eigenvalue weighted by molar-refractivity contribution is 14.1. The van der Waals surface area contributed by atoms with Crippen molar-refractivity contribution >= 4 is 45.2 Å². The molecule has 1 heterocycles. The summed E-state index contributed by atoms with van der Waals surface area (Å²) in [6, 6.07) is 6.33. The molecule has 0 amide bonds. The number of rotatable bonds is 3. The van der Waals surface area contributed by atoms with Crippen molar-refractivity contribution in [1.29, 1.82) is 0 Å². The van der Waals surface area contributed by atoms with Gasteiger partial charge in [0.2, 0.25) is 0 Å². The van der Waals surface area contributed by atoms with Crippen LogP contribution in [-0.4, -0.2) is 17.0 Å². The first-order valence-corrected chi connectivity index (χ1v) is 7.89. The van der Waals surface area contributed by atoms with Crippen LogP contribution in [0, 0.1) is 10.5 Å². The van der Waals surface area contributed by atoms with E-state index < -0.39 is 0 Å². The largest absolute Gasteiger partial charge is 0.335 e. The number of anilines is 1. The zero-order chi connectivity index (χ0) is 12.3. The van der Waals surface area contributed by atoms with E-state index in [0.717, 1.165) is 11.7 Å². The van der Waals surface area contributed by atoms with Crippen molar-refractivity contribution in [2.24, 2.45) is 4.99 Å². The highest BCUT2D eigenvalue weighted by atomic mass is 127. The second-order valence-electron chi connectivity index (χ2n) is 4.21. The molecule has 0 saturated heterocycles. The Kier molecular flexibility index (Phi) is 4.73. The molecule has 0 spiro atoms. The van der Waals surface area contributed by atoms with Gasteiger partial charge >= 0.3 is 0 Å². The second-order valence-corrected chi connectivity index (χ2v) is 6.66. The van der Waals surface area contributed by atoms with Crippen molar-refractivity contribution in [2.45, 2.75) is 31.9 Å². The Morgan fingerprint density at radius 1 is 1.53 bits per heavy atom. The SMILES string of the molecule is CCCC1CN=C(Nc2cccc(I)c2C)S1. The van der Waals surface area contributed by atoms with Gasteiger partial charge in [0.1, 0.15) is 0 Å². The van der Waals surface area contributed by atoms with Crippen molar-refractivity contribution in [2.75, 3.05) is 11.9 Å². The lowest BCUT2D eigenvalue weighted by Gasteiger charge is -2.11. The number of nitrogens with one attached hydrogen (secondary N) is 1. The smallest absolute Gasteiger partial charge is 0.161 e. The fourth-order valence-electron chi connectivity index (χ4n) is 1.82. The third kappa shape index (κ3) is 3.37. The molecule has 4 heteroatoms. The maximum Gasteiger partial charge on any atom is 0.161 e. The van der Waals surface area contributed by atoms with Crippen LogP contribution in [0.5, 0.6) is 0 Å². The second kappa shape index (κ2) is 6.09. The lowest BCUT2D eigenvalue weighted by atomic mass is 10.2. The Hall–Kier alpha value is -0.230. The Morgan fingerprint density at radius 3 is 3.12 bits per heavy atom. The highest BCUT2D eigenvalue weighted by Gasteiger charge is 2.19. The van der Waals surface area contributed by atoms with E-state index in [1.165, 1.54) is 27.7 Å². The first-order valence-electron chi connectivity index (χ1n) is 5.94. The third-order valence-corrected chi connectivity index (χ3v) is 5.18. The van der Waals surface area contributed by atoms with Crippen LogP contribution < -0.4 is 5.32 Å². The Balaban J connectivity index is 2.01. The molecule has 17 heavy (non-hydrogen) atoms. The van der Waals surface area contributed by atoms with Gasteiger partial charge in [-0.1, -0.05) is 31.2 Å². The fourth-order valence-corrected chi connectivity index (χ4v) is 3.45. The van der Waals surface area contributed by atoms with Crippen molar-refractivity contribution in [1.82, 2.24) is 0 Å². The first-order chi connectivity index (χ1) is 8.20. The molecule has 1 aromatic rings. The summed E-state index contributed by atoms with van der Waals surface area (Å²) in [5, 5.41) is 5.20. The zero-order valence-corrected chi connectivity index (χ0v) is 13.1. The van der Waals surface area contributed by atoms with Crippen LogP contribution >= 0.6 is 34.4 Å². The van der Waals surface area contributed by atoms with Crippen LogP contribution in [0.2, 0.25) is 0 Å². The highest BCUT2D eigenvalue weighted by Crippen LogP contribution is 2.27. The summed E-state index contributed by atoms with van der Waals surface area (Å²) in [5.41, 5.74) is 2.48. The molecule has 1 N–H and O–H groups in total. The van der Waals surface area contributed by atoms with E-state index in [1.807, 2.05) is 11.8 Å². The lowest BCUT2D eigenvalue weighted by Crippen LogP contribution is -2.08. The van der Waals surface area contributed by atoms with E-state index >= 15 is 0 Å². The van der Waals surface area contributed by atoms with Crippen molar-refractivity contribution < 1.29 is 0 Å². The average molecular weight is 360 g/mol. The van der Waals surface area contributed by atoms with E-state index in [-0.39, 0.29) is 0 Å². The minimum Gasteiger partial charge on any atom is -0.335 e. The summed E-state index contributed by atoms with van der Waals surface area (Å²) < 4.78 is 1.29. The number of thioether (sulfide) groups is 1. The summed E-state index contributed by atoms with van der Waals surface area (Å²) >= 11 is 4.25. The molecule has 1 aromatic carbocycles. The zero-order valence-electron chi connectivity index (χ0n) is 10.2. The molecule has 1 aliphatic rings. The average Bonchev–Trinajstić information content (AvgIpc) is 2.73. The molecule has 0 bridgehead atoms. The van der Waals surface area contributed by atoms with E-state index in [9.17, 15) is 0 Å². The minimum atomic E-state index is 0.672. The van der Waals surface area contributed by atoms with Crippen LogP contribution in [0.25, 0.3) is 0 Å². The fraction of sp³-hybridized carbons (Fsp3) is 0.462. The molecular formula is C13H17IN2S. The molecule has 0 fully saturated rings. The minimum absolute atomic E-state index is 0.672. The maximum atomic E-state index is 4.57. The molecule has 92 valence electrons. The number of nitrogens with zero attached hydrogens (tertiary/aromatic N) is 1. The Morgan fingerprint density at radius 2 is 2.35 bits per heavy atom. The predicted molar refractivity (Wildman–Crippen MR) is 86.1 cm³/mol. The topological polar surface area (TPSA) is 24.4 Å². The van der Waals surface area contributed by atoms with Crippen LogP contribution in [0.4, 0.5) is 5.69 Å². The van der Waals surface area contributed by atoms with E-state index in [2.05, 4.69) is 64.9 Å². The van der Waals surface area contributed by atoms with Crippen LogP contribution in [-0.2, 0) is 0 Å². The molecular weight excluding hydrogens is 343 g/mol. The van der Waals surface area contributed by atoms with Crippen LogP contribution in [0.3, 0.4) is 0 Å². The van der Waals surface area contributed by atoms with Gasteiger partial charge in [0.05, 0.1) is 6.54 Å². The molecule has 1 atom stereocenters. The molecule has 1 unspecified atom stereocenters. The summed E-state index contributed by atoms with van der Waals surface area (Å²) in [5.74, 6) is 0. The lowest BCUT2D eigenvalue weighted by molar-refractivity contribution is 0.754. The maximum absolute atomic E-state index is 4.57. The van der Waals surface area contributed by atoms with E-state index in [1.54, 1.807) is 0 Å². The molecule has 0 radical (unpaired) electrons. The molecule has 0 aliphatic carbocycles.